The summed E-state index contributed by atoms with van der Waals surface area (Å²) in [4.78, 5) is 28.7. The van der Waals surface area contributed by atoms with E-state index in [0.29, 0.717) is 18.0 Å². The number of hydrogen-bond acceptors (Lipinski definition) is 4. The van der Waals surface area contributed by atoms with Crippen LogP contribution in [0.4, 0.5) is 5.69 Å². The fourth-order valence-electron chi connectivity index (χ4n) is 4.22. The Kier molecular flexibility index (Phi) is 11.9. The van der Waals surface area contributed by atoms with E-state index in [2.05, 4.69) is 5.32 Å². The Bertz CT molecular complexity index is 1450. The van der Waals surface area contributed by atoms with E-state index < -0.39 is 28.5 Å². The molecule has 1 atom stereocenters. The molecule has 0 spiro atoms. The number of nitrogens with zero attached hydrogens (tertiary/aromatic N) is 2. The molecule has 0 aliphatic heterocycles. The number of unbranched alkanes of at least 4 members (excludes halogenated alkanes) is 1. The van der Waals surface area contributed by atoms with E-state index in [-0.39, 0.29) is 33.1 Å². The standard InChI is InChI=1S/C30H34Cl3N3O4S/c1-4-6-17-34-30(38)28(5-2)35(19-22-9-11-23(31)12-10-22)29(37)20-36(24-13-16-26(32)27(33)18-24)41(39,40)25-14-7-21(3)8-15-25/h7-16,18,28H,4-6,17,19-20H2,1-3H3,(H,34,38)/t28-/m1/s1. The molecule has 220 valence electrons. The van der Waals surface area contributed by atoms with Gasteiger partial charge in [0.25, 0.3) is 10.0 Å². The van der Waals surface area contributed by atoms with Crippen molar-refractivity contribution in [2.45, 2.75) is 57.5 Å². The van der Waals surface area contributed by atoms with Crippen LogP contribution in [-0.2, 0) is 26.2 Å². The predicted octanol–water partition coefficient (Wildman–Crippen LogP) is 6.87. The molecule has 3 rings (SSSR count). The van der Waals surface area contributed by atoms with Crippen LogP contribution in [0, 0.1) is 6.92 Å². The van der Waals surface area contributed by atoms with E-state index in [1.807, 2.05) is 20.8 Å². The second-order valence-electron chi connectivity index (χ2n) is 9.64. The van der Waals surface area contributed by atoms with Crippen LogP contribution in [0.3, 0.4) is 0 Å². The zero-order chi connectivity index (χ0) is 30.2. The molecule has 7 nitrogen and oxygen atoms in total. The van der Waals surface area contributed by atoms with Gasteiger partial charge in [0.15, 0.2) is 0 Å². The maximum absolute atomic E-state index is 14.1. The Morgan fingerprint density at radius 2 is 1.56 bits per heavy atom. The van der Waals surface area contributed by atoms with Gasteiger partial charge in [-0.05, 0) is 67.8 Å². The molecule has 0 fully saturated rings. The molecule has 1 N–H and O–H groups in total. The zero-order valence-corrected chi connectivity index (χ0v) is 26.3. The van der Waals surface area contributed by atoms with Gasteiger partial charge < -0.3 is 10.2 Å². The summed E-state index contributed by atoms with van der Waals surface area (Å²) in [5.74, 6) is -0.857. The smallest absolute Gasteiger partial charge is 0.264 e. The highest BCUT2D eigenvalue weighted by Crippen LogP contribution is 2.31. The third-order valence-corrected chi connectivity index (χ3v) is 9.34. The third kappa shape index (κ3) is 8.61. The molecule has 0 saturated heterocycles. The number of hydrogen-bond donors (Lipinski definition) is 1. The van der Waals surface area contributed by atoms with Gasteiger partial charge in [0.2, 0.25) is 11.8 Å². The Morgan fingerprint density at radius 3 is 2.15 bits per heavy atom. The fraction of sp³-hybridized carbons (Fsp3) is 0.333. The summed E-state index contributed by atoms with van der Waals surface area (Å²) in [6, 6.07) is 16.8. The van der Waals surface area contributed by atoms with Crippen LogP contribution in [0.2, 0.25) is 15.1 Å². The molecule has 0 aliphatic rings. The van der Waals surface area contributed by atoms with E-state index in [1.54, 1.807) is 36.4 Å². The van der Waals surface area contributed by atoms with Crippen LogP contribution < -0.4 is 9.62 Å². The lowest BCUT2D eigenvalue weighted by atomic mass is 10.1. The normalized spacial score (nSPS) is 12.0. The van der Waals surface area contributed by atoms with E-state index >= 15 is 0 Å². The minimum Gasteiger partial charge on any atom is -0.354 e. The summed E-state index contributed by atoms with van der Waals surface area (Å²) in [6.45, 7) is 5.67. The number of halogens is 3. The summed E-state index contributed by atoms with van der Waals surface area (Å²) in [5, 5.41) is 3.82. The van der Waals surface area contributed by atoms with Crippen molar-refractivity contribution < 1.29 is 18.0 Å². The molecule has 0 unspecified atom stereocenters. The van der Waals surface area contributed by atoms with Gasteiger partial charge in [0.05, 0.1) is 20.6 Å². The molecule has 2 amide bonds. The molecule has 0 aromatic heterocycles. The second-order valence-corrected chi connectivity index (χ2v) is 12.8. The maximum Gasteiger partial charge on any atom is 0.264 e. The molecular weight excluding hydrogens is 605 g/mol. The molecule has 11 heteroatoms. The van der Waals surface area contributed by atoms with Gasteiger partial charge in [-0.3, -0.25) is 13.9 Å². The minimum absolute atomic E-state index is 0.00979. The average molecular weight is 639 g/mol. The van der Waals surface area contributed by atoms with Crippen molar-refractivity contribution >= 4 is 62.3 Å². The van der Waals surface area contributed by atoms with Crippen LogP contribution in [0.5, 0.6) is 0 Å². The SMILES string of the molecule is CCCCNC(=O)[C@@H](CC)N(Cc1ccc(Cl)cc1)C(=O)CN(c1ccc(Cl)c(Cl)c1)S(=O)(=O)c1ccc(C)cc1. The number of benzene rings is 3. The van der Waals surface area contributed by atoms with E-state index in [1.165, 1.54) is 35.2 Å². The average Bonchev–Trinajstić information content (AvgIpc) is 2.94. The van der Waals surface area contributed by atoms with Crippen LogP contribution in [0.1, 0.15) is 44.2 Å². The van der Waals surface area contributed by atoms with Gasteiger partial charge in [0, 0.05) is 18.1 Å². The van der Waals surface area contributed by atoms with E-state index in [4.69, 9.17) is 34.8 Å². The van der Waals surface area contributed by atoms with Crippen LogP contribution in [0.25, 0.3) is 0 Å². The lowest BCUT2D eigenvalue weighted by Gasteiger charge is -2.33. The highest BCUT2D eigenvalue weighted by Gasteiger charge is 2.33. The quantitative estimate of drug-likeness (QED) is 0.207. The highest BCUT2D eigenvalue weighted by atomic mass is 35.5. The topological polar surface area (TPSA) is 86.8 Å². The van der Waals surface area contributed by atoms with Crippen molar-refractivity contribution in [1.82, 2.24) is 10.2 Å². The number of aryl methyl sites for hydroxylation is 1. The Balaban J connectivity index is 2.05. The van der Waals surface area contributed by atoms with Gasteiger partial charge in [-0.1, -0.05) is 84.9 Å². The first-order chi connectivity index (χ1) is 19.5. The number of carbonyl (C=O) groups excluding carboxylic acids is 2. The molecule has 0 heterocycles. The number of amides is 2. The highest BCUT2D eigenvalue weighted by molar-refractivity contribution is 7.92. The van der Waals surface area contributed by atoms with Crippen molar-refractivity contribution in [2.75, 3.05) is 17.4 Å². The van der Waals surface area contributed by atoms with Crippen molar-refractivity contribution in [3.8, 4) is 0 Å². The predicted molar refractivity (Wildman–Crippen MR) is 166 cm³/mol. The van der Waals surface area contributed by atoms with E-state index in [9.17, 15) is 18.0 Å². The zero-order valence-electron chi connectivity index (χ0n) is 23.2. The molecule has 3 aromatic rings. The second kappa shape index (κ2) is 14.9. The summed E-state index contributed by atoms with van der Waals surface area (Å²) < 4.78 is 28.9. The molecule has 0 bridgehead atoms. The molecule has 0 saturated carbocycles. The Morgan fingerprint density at radius 1 is 0.902 bits per heavy atom. The van der Waals surface area contributed by atoms with Crippen LogP contribution in [-0.4, -0.2) is 44.3 Å². The fourth-order valence-corrected chi connectivity index (χ4v) is 6.04. The summed E-state index contributed by atoms with van der Waals surface area (Å²) in [6.07, 6.45) is 2.03. The summed E-state index contributed by atoms with van der Waals surface area (Å²) >= 11 is 18.4. The number of carbonyl (C=O) groups is 2. The van der Waals surface area contributed by atoms with Gasteiger partial charge in [0.1, 0.15) is 12.6 Å². The first-order valence-electron chi connectivity index (χ1n) is 13.3. The molecule has 41 heavy (non-hydrogen) atoms. The van der Waals surface area contributed by atoms with Gasteiger partial charge in [-0.2, -0.15) is 0 Å². The number of nitrogens with one attached hydrogen (secondary N) is 1. The summed E-state index contributed by atoms with van der Waals surface area (Å²) in [5.41, 5.74) is 1.79. The van der Waals surface area contributed by atoms with Gasteiger partial charge in [-0.25, -0.2) is 8.42 Å². The largest absolute Gasteiger partial charge is 0.354 e. The van der Waals surface area contributed by atoms with Crippen LogP contribution in [0.15, 0.2) is 71.6 Å². The molecule has 0 radical (unpaired) electrons. The van der Waals surface area contributed by atoms with Gasteiger partial charge >= 0.3 is 0 Å². The van der Waals surface area contributed by atoms with Crippen LogP contribution >= 0.6 is 34.8 Å². The minimum atomic E-state index is -4.21. The monoisotopic (exact) mass is 637 g/mol. The first-order valence-corrected chi connectivity index (χ1v) is 15.9. The Hall–Kier alpha value is -2.78. The molecular formula is C30H34Cl3N3O4S. The molecule has 3 aromatic carbocycles. The lowest BCUT2D eigenvalue weighted by Crippen LogP contribution is -2.52. The molecule has 0 aliphatic carbocycles. The van der Waals surface area contributed by atoms with Crippen molar-refractivity contribution in [1.29, 1.82) is 0 Å². The first kappa shape index (κ1) is 32.7. The number of sulfonamides is 1. The summed E-state index contributed by atoms with van der Waals surface area (Å²) in [7, 11) is -4.21. The van der Waals surface area contributed by atoms with Crippen molar-refractivity contribution in [3.63, 3.8) is 0 Å². The number of anilines is 1. The van der Waals surface area contributed by atoms with Crippen molar-refractivity contribution in [2.24, 2.45) is 0 Å². The third-order valence-electron chi connectivity index (χ3n) is 6.56. The van der Waals surface area contributed by atoms with Crippen molar-refractivity contribution in [3.05, 3.63) is 92.9 Å². The Labute approximate surface area is 257 Å². The lowest BCUT2D eigenvalue weighted by molar-refractivity contribution is -0.140. The number of rotatable bonds is 13. The van der Waals surface area contributed by atoms with Gasteiger partial charge in [-0.15, -0.1) is 0 Å². The maximum atomic E-state index is 14.1. The van der Waals surface area contributed by atoms with E-state index in [0.717, 1.165) is 28.3 Å².